The minimum Gasteiger partial charge on any atom is -0.488 e. The zero-order valence-electron chi connectivity index (χ0n) is 9.23. The van der Waals surface area contributed by atoms with Crippen LogP contribution in [0.15, 0.2) is 24.3 Å². The summed E-state index contributed by atoms with van der Waals surface area (Å²) in [5.41, 5.74) is 0. The largest absolute Gasteiger partial charge is 0.488 e. The van der Waals surface area contributed by atoms with Crippen molar-refractivity contribution in [1.82, 2.24) is 0 Å². The Morgan fingerprint density at radius 3 is 2.27 bits per heavy atom. The second-order valence-corrected chi connectivity index (χ2v) is 2.89. The van der Waals surface area contributed by atoms with Gasteiger partial charge in [-0.1, -0.05) is 12.1 Å². The van der Waals surface area contributed by atoms with Crippen molar-refractivity contribution in [3.63, 3.8) is 0 Å². The summed E-state index contributed by atoms with van der Waals surface area (Å²) in [7, 11) is 0. The van der Waals surface area contributed by atoms with Gasteiger partial charge in [0.05, 0.1) is 0 Å². The third-order valence-electron chi connectivity index (χ3n) is 1.78. The molecule has 3 nitrogen and oxygen atoms in total. The molecule has 0 bridgehead atoms. The standard InChI is InChI=1S/C12H17O3/c1-3-13-12(14-4-2)10-15-11-8-6-5-7-9-11/h6-9,12H,3-4,10H2,1-2H3. The number of benzene rings is 1. The first-order valence-corrected chi connectivity index (χ1v) is 5.19. The average molecular weight is 209 g/mol. The fourth-order valence-corrected chi connectivity index (χ4v) is 1.15. The smallest absolute Gasteiger partial charge is 0.191 e. The monoisotopic (exact) mass is 209 g/mol. The van der Waals surface area contributed by atoms with Gasteiger partial charge in [-0.25, -0.2) is 0 Å². The summed E-state index contributed by atoms with van der Waals surface area (Å²) in [5, 5.41) is 0. The van der Waals surface area contributed by atoms with E-state index < -0.39 is 0 Å². The van der Waals surface area contributed by atoms with Crippen molar-refractivity contribution in [1.29, 1.82) is 0 Å². The highest BCUT2D eigenvalue weighted by Crippen LogP contribution is 2.09. The maximum absolute atomic E-state index is 5.50. The summed E-state index contributed by atoms with van der Waals surface area (Å²) in [5.74, 6) is 0.804. The minimum absolute atomic E-state index is 0.288. The van der Waals surface area contributed by atoms with Gasteiger partial charge in [0.15, 0.2) is 6.29 Å². The van der Waals surface area contributed by atoms with Gasteiger partial charge in [0, 0.05) is 13.2 Å². The highest BCUT2D eigenvalue weighted by Gasteiger charge is 2.08. The number of ether oxygens (including phenoxy) is 3. The van der Waals surface area contributed by atoms with E-state index in [9.17, 15) is 0 Å². The molecule has 1 radical (unpaired) electrons. The highest BCUT2D eigenvalue weighted by molar-refractivity contribution is 5.20. The molecule has 0 amide bonds. The average Bonchev–Trinajstić information content (AvgIpc) is 2.28. The van der Waals surface area contributed by atoms with Gasteiger partial charge in [-0.2, -0.15) is 0 Å². The lowest BCUT2D eigenvalue weighted by Crippen LogP contribution is -2.25. The molecular formula is C12H17O3. The topological polar surface area (TPSA) is 27.7 Å². The van der Waals surface area contributed by atoms with E-state index in [-0.39, 0.29) is 6.29 Å². The summed E-state index contributed by atoms with van der Waals surface area (Å²) >= 11 is 0. The lowest BCUT2D eigenvalue weighted by atomic mass is 10.3. The maximum atomic E-state index is 5.50. The normalized spacial score (nSPS) is 10.6. The molecule has 0 N–H and O–H groups in total. The fraction of sp³-hybridized carbons (Fsp3) is 0.500. The predicted molar refractivity (Wildman–Crippen MR) is 57.8 cm³/mol. The molecular weight excluding hydrogens is 192 g/mol. The van der Waals surface area contributed by atoms with Gasteiger partial charge in [0.25, 0.3) is 0 Å². The van der Waals surface area contributed by atoms with Gasteiger partial charge >= 0.3 is 0 Å². The van der Waals surface area contributed by atoms with Crippen molar-refractivity contribution in [2.45, 2.75) is 20.1 Å². The van der Waals surface area contributed by atoms with E-state index >= 15 is 0 Å². The number of hydrogen-bond donors (Lipinski definition) is 0. The lowest BCUT2D eigenvalue weighted by Gasteiger charge is -2.17. The third kappa shape index (κ3) is 4.81. The van der Waals surface area contributed by atoms with Crippen LogP contribution < -0.4 is 4.74 Å². The van der Waals surface area contributed by atoms with E-state index in [1.54, 1.807) is 0 Å². The van der Waals surface area contributed by atoms with Crippen molar-refractivity contribution in [2.24, 2.45) is 0 Å². The van der Waals surface area contributed by atoms with Crippen LogP contribution in [-0.2, 0) is 9.47 Å². The zero-order chi connectivity index (χ0) is 10.9. The minimum atomic E-state index is -0.288. The first-order valence-electron chi connectivity index (χ1n) is 5.19. The molecule has 0 spiro atoms. The Kier molecular flexibility index (Phi) is 5.81. The van der Waals surface area contributed by atoms with Gasteiger partial charge in [-0.15, -0.1) is 0 Å². The molecule has 0 unspecified atom stereocenters. The van der Waals surface area contributed by atoms with E-state index in [0.717, 1.165) is 5.75 Å². The summed E-state index contributed by atoms with van der Waals surface area (Å²) in [6, 6.07) is 10.3. The van der Waals surface area contributed by atoms with Crippen LogP contribution in [0.1, 0.15) is 13.8 Å². The Labute approximate surface area is 91.0 Å². The molecule has 15 heavy (non-hydrogen) atoms. The summed E-state index contributed by atoms with van der Waals surface area (Å²) in [4.78, 5) is 0. The van der Waals surface area contributed by atoms with Crippen LogP contribution in [0.25, 0.3) is 0 Å². The van der Waals surface area contributed by atoms with Crippen molar-refractivity contribution >= 4 is 0 Å². The SMILES string of the molecule is CCOC(COc1cc[c]cc1)OCC. The molecule has 83 valence electrons. The van der Waals surface area contributed by atoms with Crippen LogP contribution in [0.4, 0.5) is 0 Å². The van der Waals surface area contributed by atoms with Gasteiger partial charge < -0.3 is 14.2 Å². The Bertz CT molecular complexity index is 242. The number of rotatable bonds is 7. The van der Waals surface area contributed by atoms with Crippen LogP contribution in [0.2, 0.25) is 0 Å². The lowest BCUT2D eigenvalue weighted by molar-refractivity contribution is -0.152. The van der Waals surface area contributed by atoms with Crippen LogP contribution in [0.3, 0.4) is 0 Å². The van der Waals surface area contributed by atoms with E-state index in [1.165, 1.54) is 0 Å². The molecule has 0 atom stereocenters. The van der Waals surface area contributed by atoms with Gasteiger partial charge in [-0.05, 0) is 32.0 Å². The maximum Gasteiger partial charge on any atom is 0.191 e. The molecule has 0 saturated carbocycles. The molecule has 0 aliphatic rings. The van der Waals surface area contributed by atoms with Crippen LogP contribution in [0.5, 0.6) is 5.75 Å². The van der Waals surface area contributed by atoms with Gasteiger partial charge in [0.1, 0.15) is 12.4 Å². The van der Waals surface area contributed by atoms with E-state index in [1.807, 2.05) is 38.1 Å². The van der Waals surface area contributed by atoms with Crippen LogP contribution in [0, 0.1) is 6.07 Å². The first-order chi connectivity index (χ1) is 7.36. The molecule has 0 aromatic heterocycles. The molecule has 1 aromatic rings. The zero-order valence-corrected chi connectivity index (χ0v) is 9.23. The quantitative estimate of drug-likeness (QED) is 0.645. The molecule has 3 heteroatoms. The van der Waals surface area contributed by atoms with Crippen LogP contribution in [-0.4, -0.2) is 26.1 Å². The Morgan fingerprint density at radius 1 is 1.13 bits per heavy atom. The molecule has 0 aliphatic heterocycles. The van der Waals surface area contributed by atoms with Crippen molar-refractivity contribution in [3.05, 3.63) is 30.3 Å². The molecule has 0 aliphatic carbocycles. The molecule has 1 rings (SSSR count). The van der Waals surface area contributed by atoms with Gasteiger partial charge in [-0.3, -0.25) is 0 Å². The van der Waals surface area contributed by atoms with E-state index in [0.29, 0.717) is 19.8 Å². The first kappa shape index (κ1) is 12.0. The van der Waals surface area contributed by atoms with Crippen molar-refractivity contribution in [3.8, 4) is 5.75 Å². The summed E-state index contributed by atoms with van der Waals surface area (Å²) < 4.78 is 16.2. The van der Waals surface area contributed by atoms with Crippen LogP contribution >= 0.6 is 0 Å². The van der Waals surface area contributed by atoms with Crippen molar-refractivity contribution < 1.29 is 14.2 Å². The number of hydrogen-bond acceptors (Lipinski definition) is 3. The summed E-state index contributed by atoms with van der Waals surface area (Å²) in [6.07, 6.45) is -0.288. The Hall–Kier alpha value is -1.06. The third-order valence-corrected chi connectivity index (χ3v) is 1.78. The molecule has 1 aromatic carbocycles. The van der Waals surface area contributed by atoms with Gasteiger partial charge in [0.2, 0.25) is 0 Å². The predicted octanol–water partition coefficient (Wildman–Crippen LogP) is 2.26. The molecule has 0 fully saturated rings. The van der Waals surface area contributed by atoms with E-state index in [4.69, 9.17) is 14.2 Å². The van der Waals surface area contributed by atoms with Crippen molar-refractivity contribution in [2.75, 3.05) is 19.8 Å². The second kappa shape index (κ2) is 7.26. The molecule has 0 saturated heterocycles. The highest BCUT2D eigenvalue weighted by atomic mass is 16.7. The second-order valence-electron chi connectivity index (χ2n) is 2.89. The Balaban J connectivity index is 2.33. The Morgan fingerprint density at radius 2 is 1.73 bits per heavy atom. The van der Waals surface area contributed by atoms with E-state index in [2.05, 4.69) is 6.07 Å². The molecule has 0 heterocycles. The summed E-state index contributed by atoms with van der Waals surface area (Å²) in [6.45, 7) is 5.52. The fourth-order valence-electron chi connectivity index (χ4n) is 1.15.